The first-order chi connectivity index (χ1) is 12.7. The molecule has 0 aromatic carbocycles. The minimum Gasteiger partial charge on any atom is -0.361 e. The Kier molecular flexibility index (Phi) is 9.37. The number of carbonyl (C=O) groups excluding carboxylic acids is 4. The Morgan fingerprint density at radius 2 is 1.74 bits per heavy atom. The fourth-order valence-electron chi connectivity index (χ4n) is 1.89. The van der Waals surface area contributed by atoms with Gasteiger partial charge in [-0.3, -0.25) is 19.2 Å². The minimum atomic E-state index is -0.794. The monoisotopic (exact) mass is 398 g/mol. The summed E-state index contributed by atoms with van der Waals surface area (Å²) in [5.74, 6) is -1.24. The Labute approximate surface area is 161 Å². The molecule has 1 aromatic heterocycles. The van der Waals surface area contributed by atoms with Crippen LogP contribution in [0.15, 0.2) is 6.20 Å². The van der Waals surface area contributed by atoms with Gasteiger partial charge >= 0.3 is 0 Å². The predicted molar refractivity (Wildman–Crippen MR) is 102 cm³/mol. The van der Waals surface area contributed by atoms with Gasteiger partial charge in [0.15, 0.2) is 11.4 Å². The van der Waals surface area contributed by atoms with Crippen LogP contribution in [0.4, 0.5) is 5.13 Å². The number of hydrogen-bond acceptors (Lipinski definition) is 8. The largest absolute Gasteiger partial charge is 0.361 e. The number of carbonyl (C=O) groups is 4. The van der Waals surface area contributed by atoms with Crippen molar-refractivity contribution in [3.05, 3.63) is 11.1 Å². The van der Waals surface area contributed by atoms with E-state index in [1.54, 1.807) is 6.92 Å². The Hall–Kier alpha value is -2.53. The normalized spacial score (nSPS) is 13.8. The zero-order valence-corrected chi connectivity index (χ0v) is 16.4. The summed E-state index contributed by atoms with van der Waals surface area (Å²) in [6.07, 6.45) is 2.87. The fraction of sp³-hybridized carbons (Fsp3) is 0.562. The zero-order chi connectivity index (χ0) is 20.4. The first-order valence-electron chi connectivity index (χ1n) is 8.53. The van der Waals surface area contributed by atoms with Gasteiger partial charge < -0.3 is 27.0 Å². The van der Waals surface area contributed by atoms with Crippen molar-refractivity contribution in [2.45, 2.75) is 45.3 Å². The van der Waals surface area contributed by atoms with Crippen LogP contribution < -0.4 is 27.0 Å². The molecular weight excluding hydrogens is 372 g/mol. The number of aromatic nitrogens is 1. The highest BCUT2D eigenvalue weighted by molar-refractivity contribution is 7.17. The van der Waals surface area contributed by atoms with Gasteiger partial charge in [0.1, 0.15) is 12.1 Å². The van der Waals surface area contributed by atoms with Crippen molar-refractivity contribution in [3.8, 4) is 0 Å². The van der Waals surface area contributed by atoms with Crippen LogP contribution in [0.5, 0.6) is 0 Å². The van der Waals surface area contributed by atoms with Crippen LogP contribution in [0.2, 0.25) is 0 Å². The van der Waals surface area contributed by atoms with Crippen molar-refractivity contribution in [2.75, 3.05) is 18.4 Å². The van der Waals surface area contributed by atoms with Crippen LogP contribution in [0.1, 0.15) is 36.9 Å². The van der Waals surface area contributed by atoms with Crippen LogP contribution in [0, 0.1) is 0 Å². The van der Waals surface area contributed by atoms with Gasteiger partial charge in [0.25, 0.3) is 0 Å². The van der Waals surface area contributed by atoms with Crippen molar-refractivity contribution in [1.82, 2.24) is 20.9 Å². The SMILES string of the molecule is CC(N)C(=O)NC(C)C(=O)NC(C)C(=O)NCCCNc1ncc(C=O)s1. The molecule has 3 atom stereocenters. The highest BCUT2D eigenvalue weighted by Crippen LogP contribution is 2.15. The number of aldehydes is 1. The predicted octanol–water partition coefficient (Wildman–Crippen LogP) is -0.770. The lowest BCUT2D eigenvalue weighted by atomic mass is 10.2. The zero-order valence-electron chi connectivity index (χ0n) is 15.6. The number of thiazole rings is 1. The lowest BCUT2D eigenvalue weighted by Gasteiger charge is -2.19. The van der Waals surface area contributed by atoms with E-state index in [-0.39, 0.29) is 5.91 Å². The van der Waals surface area contributed by atoms with Crippen LogP contribution in [-0.2, 0) is 14.4 Å². The van der Waals surface area contributed by atoms with Gasteiger partial charge in [0.05, 0.1) is 17.1 Å². The highest BCUT2D eigenvalue weighted by Gasteiger charge is 2.21. The van der Waals surface area contributed by atoms with Gasteiger partial charge in [0, 0.05) is 13.1 Å². The lowest BCUT2D eigenvalue weighted by Crippen LogP contribution is -2.53. The maximum Gasteiger partial charge on any atom is 0.242 e. The Balaban J connectivity index is 2.24. The van der Waals surface area contributed by atoms with E-state index in [4.69, 9.17) is 5.73 Å². The number of nitrogens with zero attached hydrogens (tertiary/aromatic N) is 1. The molecule has 0 fully saturated rings. The van der Waals surface area contributed by atoms with E-state index in [2.05, 4.69) is 26.3 Å². The molecule has 0 spiro atoms. The third-order valence-corrected chi connectivity index (χ3v) is 4.37. The molecule has 0 saturated carbocycles. The van der Waals surface area contributed by atoms with Crippen LogP contribution in [-0.4, -0.2) is 60.2 Å². The highest BCUT2D eigenvalue weighted by atomic mass is 32.1. The molecule has 0 aliphatic carbocycles. The number of rotatable bonds is 11. The summed E-state index contributed by atoms with van der Waals surface area (Å²) in [5, 5.41) is 11.4. The average molecular weight is 398 g/mol. The molecule has 150 valence electrons. The summed E-state index contributed by atoms with van der Waals surface area (Å²) >= 11 is 1.25. The number of hydrogen-bond donors (Lipinski definition) is 5. The van der Waals surface area contributed by atoms with E-state index >= 15 is 0 Å². The second-order valence-corrected chi connectivity index (χ2v) is 7.07. The molecule has 0 saturated heterocycles. The molecule has 3 unspecified atom stereocenters. The van der Waals surface area contributed by atoms with Crippen molar-refractivity contribution in [2.24, 2.45) is 5.73 Å². The van der Waals surface area contributed by atoms with Crippen molar-refractivity contribution in [3.63, 3.8) is 0 Å². The van der Waals surface area contributed by atoms with E-state index in [0.717, 1.165) is 6.29 Å². The third kappa shape index (κ3) is 8.13. The second kappa shape index (κ2) is 11.2. The summed E-state index contributed by atoms with van der Waals surface area (Å²) in [4.78, 5) is 50.6. The van der Waals surface area contributed by atoms with Crippen molar-refractivity contribution >= 4 is 40.5 Å². The smallest absolute Gasteiger partial charge is 0.242 e. The Morgan fingerprint density at radius 3 is 2.33 bits per heavy atom. The van der Waals surface area contributed by atoms with E-state index in [1.165, 1.54) is 31.4 Å². The average Bonchev–Trinajstić information content (AvgIpc) is 3.08. The minimum absolute atomic E-state index is 0.327. The van der Waals surface area contributed by atoms with Gasteiger partial charge in [-0.1, -0.05) is 11.3 Å². The number of anilines is 1. The van der Waals surface area contributed by atoms with E-state index in [0.29, 0.717) is 29.5 Å². The quantitative estimate of drug-likeness (QED) is 0.242. The van der Waals surface area contributed by atoms with Gasteiger partial charge in [-0.15, -0.1) is 0 Å². The van der Waals surface area contributed by atoms with Crippen LogP contribution in [0.25, 0.3) is 0 Å². The second-order valence-electron chi connectivity index (χ2n) is 6.01. The maximum absolute atomic E-state index is 12.0. The van der Waals surface area contributed by atoms with Crippen LogP contribution >= 0.6 is 11.3 Å². The first-order valence-corrected chi connectivity index (χ1v) is 9.35. The molecule has 1 aromatic rings. The third-order valence-electron chi connectivity index (χ3n) is 3.49. The van der Waals surface area contributed by atoms with E-state index in [9.17, 15) is 19.2 Å². The Bertz CT molecular complexity index is 663. The number of amides is 3. The summed E-state index contributed by atoms with van der Waals surface area (Å²) in [7, 11) is 0. The molecule has 6 N–H and O–H groups in total. The lowest BCUT2D eigenvalue weighted by molar-refractivity contribution is -0.131. The van der Waals surface area contributed by atoms with Gasteiger partial charge in [0.2, 0.25) is 17.7 Å². The van der Waals surface area contributed by atoms with E-state index in [1.807, 2.05) is 0 Å². The van der Waals surface area contributed by atoms with Crippen molar-refractivity contribution < 1.29 is 19.2 Å². The molecule has 10 nitrogen and oxygen atoms in total. The standard InChI is InChI=1S/C16H26N6O4S/c1-9(17)13(24)21-11(3)15(26)22-10(2)14(25)18-5-4-6-19-16-20-7-12(8-23)27-16/h7-11H,4-6,17H2,1-3H3,(H,18,25)(H,19,20)(H,21,24)(H,22,26). The van der Waals surface area contributed by atoms with Gasteiger partial charge in [-0.2, -0.15) is 0 Å². The summed E-state index contributed by atoms with van der Waals surface area (Å²) in [5.41, 5.74) is 5.43. The summed E-state index contributed by atoms with van der Waals surface area (Å²) in [6.45, 7) is 5.57. The summed E-state index contributed by atoms with van der Waals surface area (Å²) < 4.78 is 0. The first kappa shape index (κ1) is 22.5. The van der Waals surface area contributed by atoms with Crippen molar-refractivity contribution in [1.29, 1.82) is 0 Å². The van der Waals surface area contributed by atoms with Gasteiger partial charge in [-0.05, 0) is 27.2 Å². The molecule has 0 aliphatic rings. The molecule has 0 aliphatic heterocycles. The molecular formula is C16H26N6O4S. The molecule has 0 bridgehead atoms. The molecule has 1 rings (SSSR count). The fourth-order valence-corrected chi connectivity index (χ4v) is 2.54. The number of nitrogens with one attached hydrogen (secondary N) is 4. The topological polar surface area (TPSA) is 155 Å². The molecule has 3 amide bonds. The molecule has 11 heteroatoms. The number of nitrogens with two attached hydrogens (primary N) is 1. The summed E-state index contributed by atoms with van der Waals surface area (Å²) in [6, 6.07) is -2.25. The van der Waals surface area contributed by atoms with E-state index < -0.39 is 29.9 Å². The molecule has 27 heavy (non-hydrogen) atoms. The molecule has 0 radical (unpaired) electrons. The van der Waals surface area contributed by atoms with Crippen LogP contribution in [0.3, 0.4) is 0 Å². The van der Waals surface area contributed by atoms with Gasteiger partial charge in [-0.25, -0.2) is 4.98 Å². The maximum atomic E-state index is 12.0. The Morgan fingerprint density at radius 1 is 1.11 bits per heavy atom. The molecule has 1 heterocycles.